The van der Waals surface area contributed by atoms with E-state index in [9.17, 15) is 8.78 Å². The number of pyridine rings is 1. The maximum Gasteiger partial charge on any atom is 0.265 e. The van der Waals surface area contributed by atoms with Crippen LogP contribution in [0.2, 0.25) is 0 Å². The third-order valence-electron chi connectivity index (χ3n) is 2.11. The van der Waals surface area contributed by atoms with E-state index in [2.05, 4.69) is 20.3 Å². The number of hydrogen-bond acceptors (Lipinski definition) is 5. The van der Waals surface area contributed by atoms with Gasteiger partial charge in [-0.15, -0.1) is 0 Å². The van der Waals surface area contributed by atoms with Crippen molar-refractivity contribution in [2.75, 3.05) is 11.9 Å². The smallest absolute Gasteiger partial charge is 0.265 e. The second-order valence-electron chi connectivity index (χ2n) is 3.38. The van der Waals surface area contributed by atoms with Crippen molar-refractivity contribution >= 4 is 17.0 Å². The summed E-state index contributed by atoms with van der Waals surface area (Å²) in [4.78, 5) is 12.1. The summed E-state index contributed by atoms with van der Waals surface area (Å²) in [6.45, 7) is -0.267. The van der Waals surface area contributed by atoms with E-state index in [1.54, 1.807) is 12.1 Å². The fraction of sp³-hybridized carbons (Fsp3) is 0.300. The molecule has 0 amide bonds. The van der Waals surface area contributed by atoms with Gasteiger partial charge in [0.25, 0.3) is 6.43 Å². The Labute approximate surface area is 95.5 Å². The summed E-state index contributed by atoms with van der Waals surface area (Å²) in [7, 11) is 0. The molecule has 0 bridgehead atoms. The summed E-state index contributed by atoms with van der Waals surface area (Å²) in [5.41, 5.74) is 1.04. The highest BCUT2D eigenvalue weighted by atomic mass is 19.3. The van der Waals surface area contributed by atoms with Crippen molar-refractivity contribution in [3.63, 3.8) is 0 Å². The summed E-state index contributed by atoms with van der Waals surface area (Å²) in [6.07, 6.45) is -1.46. The van der Waals surface area contributed by atoms with E-state index in [0.717, 1.165) is 0 Å². The number of rotatable bonds is 4. The van der Waals surface area contributed by atoms with Crippen molar-refractivity contribution in [3.8, 4) is 0 Å². The number of aliphatic hydroxyl groups excluding tert-OH is 1. The number of nitrogens with zero attached hydrogens (tertiary/aromatic N) is 3. The van der Waals surface area contributed by atoms with E-state index < -0.39 is 12.5 Å². The monoisotopic (exact) mass is 240 g/mol. The summed E-state index contributed by atoms with van der Waals surface area (Å²) >= 11 is 0. The minimum atomic E-state index is -2.78. The first-order chi connectivity index (χ1) is 8.16. The van der Waals surface area contributed by atoms with Gasteiger partial charge in [0, 0.05) is 18.9 Å². The second kappa shape index (κ2) is 4.96. The van der Waals surface area contributed by atoms with Crippen LogP contribution in [-0.2, 0) is 0 Å². The van der Waals surface area contributed by atoms with Crippen LogP contribution in [0.15, 0.2) is 24.5 Å². The molecule has 17 heavy (non-hydrogen) atoms. The van der Waals surface area contributed by atoms with Crippen LogP contribution in [0.4, 0.5) is 14.6 Å². The Morgan fingerprint density at radius 3 is 2.76 bits per heavy atom. The van der Waals surface area contributed by atoms with Crippen LogP contribution in [0.1, 0.15) is 0 Å². The Morgan fingerprint density at radius 2 is 2.00 bits per heavy atom. The number of aromatic nitrogens is 3. The average molecular weight is 240 g/mol. The average Bonchev–Trinajstić information content (AvgIpc) is 2.35. The summed E-state index contributed by atoms with van der Waals surface area (Å²) < 4.78 is 24.1. The summed E-state index contributed by atoms with van der Waals surface area (Å²) in [6, 6.07) is 3.27. The standard InChI is InChI=1S/C10H10F2N4O/c11-9(12)7(17)5-15-8-2-1-6-10(16-8)14-4-3-13-6/h1-4,7,9,17H,5H2,(H,14,15,16). The molecule has 90 valence electrons. The minimum absolute atomic E-state index is 0.267. The van der Waals surface area contributed by atoms with Crippen molar-refractivity contribution < 1.29 is 13.9 Å². The molecule has 0 aliphatic carbocycles. The minimum Gasteiger partial charge on any atom is -0.385 e. The van der Waals surface area contributed by atoms with E-state index in [1.807, 2.05) is 0 Å². The predicted octanol–water partition coefficient (Wildman–Crippen LogP) is 1.06. The van der Waals surface area contributed by atoms with Gasteiger partial charge in [0.1, 0.15) is 17.4 Å². The lowest BCUT2D eigenvalue weighted by Gasteiger charge is -2.11. The molecule has 2 rings (SSSR count). The summed E-state index contributed by atoms with van der Waals surface area (Å²) in [5.74, 6) is 0.373. The number of fused-ring (bicyclic) bond motifs is 1. The molecule has 2 aromatic heterocycles. The molecule has 0 aliphatic heterocycles. The zero-order valence-corrected chi connectivity index (χ0v) is 8.72. The van der Waals surface area contributed by atoms with Gasteiger partial charge in [-0.25, -0.2) is 18.7 Å². The Bertz CT molecular complexity index is 508. The fourth-order valence-electron chi connectivity index (χ4n) is 1.25. The van der Waals surface area contributed by atoms with Gasteiger partial charge in [0.15, 0.2) is 5.65 Å². The second-order valence-corrected chi connectivity index (χ2v) is 3.38. The van der Waals surface area contributed by atoms with Gasteiger partial charge in [-0.3, -0.25) is 4.98 Å². The zero-order valence-electron chi connectivity index (χ0n) is 8.72. The first-order valence-electron chi connectivity index (χ1n) is 4.94. The molecule has 1 unspecified atom stereocenters. The molecule has 0 aliphatic rings. The van der Waals surface area contributed by atoms with Gasteiger partial charge >= 0.3 is 0 Å². The highest BCUT2D eigenvalue weighted by molar-refractivity contribution is 5.71. The van der Waals surface area contributed by atoms with Gasteiger partial charge in [-0.1, -0.05) is 0 Å². The van der Waals surface area contributed by atoms with Crippen LogP contribution in [-0.4, -0.2) is 39.1 Å². The number of aliphatic hydroxyl groups is 1. The lowest BCUT2D eigenvalue weighted by atomic mass is 10.3. The van der Waals surface area contributed by atoms with E-state index in [1.165, 1.54) is 12.4 Å². The Morgan fingerprint density at radius 1 is 1.24 bits per heavy atom. The van der Waals surface area contributed by atoms with Crippen LogP contribution >= 0.6 is 0 Å². The molecule has 0 spiro atoms. The zero-order chi connectivity index (χ0) is 12.3. The number of halogens is 2. The lowest BCUT2D eigenvalue weighted by molar-refractivity contribution is 0.00381. The molecule has 5 nitrogen and oxygen atoms in total. The van der Waals surface area contributed by atoms with Crippen LogP contribution < -0.4 is 5.32 Å². The van der Waals surface area contributed by atoms with Crippen LogP contribution in [0.25, 0.3) is 11.2 Å². The van der Waals surface area contributed by atoms with Crippen molar-refractivity contribution in [1.29, 1.82) is 0 Å². The maximum absolute atomic E-state index is 12.1. The third kappa shape index (κ3) is 2.82. The lowest BCUT2D eigenvalue weighted by Crippen LogP contribution is -2.27. The SMILES string of the molecule is OC(CNc1ccc2nccnc2n1)C(F)F. The molecule has 0 saturated carbocycles. The fourth-order valence-corrected chi connectivity index (χ4v) is 1.25. The third-order valence-corrected chi connectivity index (χ3v) is 2.11. The number of alkyl halides is 2. The number of nitrogens with one attached hydrogen (secondary N) is 1. The van der Waals surface area contributed by atoms with E-state index in [0.29, 0.717) is 17.0 Å². The maximum atomic E-state index is 12.1. The topological polar surface area (TPSA) is 70.9 Å². The van der Waals surface area contributed by atoms with Gasteiger partial charge in [0.2, 0.25) is 0 Å². The molecule has 2 N–H and O–H groups in total. The quantitative estimate of drug-likeness (QED) is 0.836. The first-order valence-corrected chi connectivity index (χ1v) is 4.94. The van der Waals surface area contributed by atoms with Crippen LogP contribution in [0.3, 0.4) is 0 Å². The first kappa shape index (κ1) is 11.6. The largest absolute Gasteiger partial charge is 0.385 e. The highest BCUT2D eigenvalue weighted by Gasteiger charge is 2.16. The van der Waals surface area contributed by atoms with Crippen molar-refractivity contribution in [2.45, 2.75) is 12.5 Å². The van der Waals surface area contributed by atoms with Gasteiger partial charge < -0.3 is 10.4 Å². The van der Waals surface area contributed by atoms with Crippen molar-refractivity contribution in [1.82, 2.24) is 15.0 Å². The molecule has 2 aromatic rings. The van der Waals surface area contributed by atoms with E-state index in [-0.39, 0.29) is 6.54 Å². The van der Waals surface area contributed by atoms with Crippen LogP contribution in [0.5, 0.6) is 0 Å². The van der Waals surface area contributed by atoms with E-state index in [4.69, 9.17) is 5.11 Å². The number of hydrogen-bond donors (Lipinski definition) is 2. The Hall–Kier alpha value is -1.89. The molecule has 0 saturated heterocycles. The Balaban J connectivity index is 2.09. The predicted molar refractivity (Wildman–Crippen MR) is 57.8 cm³/mol. The van der Waals surface area contributed by atoms with E-state index >= 15 is 0 Å². The van der Waals surface area contributed by atoms with Crippen molar-refractivity contribution in [2.24, 2.45) is 0 Å². The highest BCUT2D eigenvalue weighted by Crippen LogP contribution is 2.10. The molecule has 0 radical (unpaired) electrons. The van der Waals surface area contributed by atoms with Gasteiger partial charge in [-0.2, -0.15) is 0 Å². The molecular formula is C10H10F2N4O. The molecular weight excluding hydrogens is 230 g/mol. The van der Waals surface area contributed by atoms with Gasteiger partial charge in [0.05, 0.1) is 0 Å². The van der Waals surface area contributed by atoms with Crippen LogP contribution in [0, 0.1) is 0 Å². The molecule has 0 fully saturated rings. The Kier molecular flexibility index (Phi) is 3.38. The molecule has 7 heteroatoms. The van der Waals surface area contributed by atoms with Crippen molar-refractivity contribution in [3.05, 3.63) is 24.5 Å². The molecule has 2 heterocycles. The normalized spacial score (nSPS) is 12.9. The van der Waals surface area contributed by atoms with Gasteiger partial charge in [-0.05, 0) is 12.1 Å². The molecule has 1 atom stereocenters. The molecule has 0 aromatic carbocycles. The number of anilines is 1. The summed E-state index contributed by atoms with van der Waals surface area (Å²) in [5, 5.41) is 11.5.